The summed E-state index contributed by atoms with van der Waals surface area (Å²) in [5, 5.41) is 2.84. The summed E-state index contributed by atoms with van der Waals surface area (Å²) in [5.74, 6) is -0.705. The first kappa shape index (κ1) is 15.2. The Bertz CT molecular complexity index is 705. The minimum atomic E-state index is -0.888. The highest BCUT2D eigenvalue weighted by Gasteiger charge is 2.40. The molecule has 118 valence electrons. The van der Waals surface area contributed by atoms with E-state index in [1.54, 1.807) is 24.5 Å². The molecule has 5 heteroatoms. The van der Waals surface area contributed by atoms with Gasteiger partial charge in [0.2, 0.25) is 5.91 Å². The number of aromatic nitrogens is 1. The van der Waals surface area contributed by atoms with Crippen LogP contribution < -0.4 is 11.1 Å². The van der Waals surface area contributed by atoms with E-state index >= 15 is 0 Å². The number of pyridine rings is 1. The predicted molar refractivity (Wildman–Crippen MR) is 87.5 cm³/mol. The lowest BCUT2D eigenvalue weighted by Gasteiger charge is -2.26. The molecule has 1 aliphatic rings. The number of nitrogens with zero attached hydrogens (tertiary/aromatic N) is 1. The summed E-state index contributed by atoms with van der Waals surface area (Å²) in [7, 11) is 0. The Labute approximate surface area is 134 Å². The Morgan fingerprint density at radius 2 is 1.52 bits per heavy atom. The van der Waals surface area contributed by atoms with Gasteiger partial charge in [-0.15, -0.1) is 0 Å². The normalized spacial score (nSPS) is 16.0. The van der Waals surface area contributed by atoms with Gasteiger partial charge in [0.25, 0.3) is 5.91 Å². The molecule has 3 rings (SSSR count). The van der Waals surface area contributed by atoms with Crippen LogP contribution in [0.3, 0.4) is 0 Å². The van der Waals surface area contributed by atoms with Crippen LogP contribution in [0.15, 0.2) is 48.8 Å². The third-order valence-corrected chi connectivity index (χ3v) is 4.44. The molecule has 0 saturated heterocycles. The standard InChI is InChI=1S/C18H19N3O2/c19-17(23)18(9-1-2-10-18)21-16(22)15-5-3-13(4-6-15)14-7-11-20-12-8-14/h3-8,11-12H,1-2,9-10H2,(H2,19,23)(H,21,22). The maximum absolute atomic E-state index is 12.4. The maximum Gasteiger partial charge on any atom is 0.252 e. The number of primary amides is 1. The van der Waals surface area contributed by atoms with E-state index in [1.807, 2.05) is 24.3 Å². The fourth-order valence-electron chi connectivity index (χ4n) is 3.06. The second-order valence-corrected chi connectivity index (χ2v) is 5.92. The lowest BCUT2D eigenvalue weighted by Crippen LogP contribution is -2.55. The van der Waals surface area contributed by atoms with Crippen molar-refractivity contribution < 1.29 is 9.59 Å². The number of rotatable bonds is 4. The van der Waals surface area contributed by atoms with E-state index in [0.29, 0.717) is 18.4 Å². The lowest BCUT2D eigenvalue weighted by molar-refractivity contribution is -0.123. The highest BCUT2D eigenvalue weighted by Crippen LogP contribution is 2.29. The van der Waals surface area contributed by atoms with Crippen molar-refractivity contribution >= 4 is 11.8 Å². The highest BCUT2D eigenvalue weighted by molar-refractivity contribution is 5.99. The van der Waals surface area contributed by atoms with Gasteiger partial charge in [-0.25, -0.2) is 0 Å². The van der Waals surface area contributed by atoms with E-state index in [-0.39, 0.29) is 5.91 Å². The van der Waals surface area contributed by atoms with Crippen LogP contribution in [-0.4, -0.2) is 22.3 Å². The summed E-state index contributed by atoms with van der Waals surface area (Å²) in [6, 6.07) is 11.1. The molecule has 1 saturated carbocycles. The van der Waals surface area contributed by atoms with Crippen molar-refractivity contribution in [3.8, 4) is 11.1 Å². The predicted octanol–water partition coefficient (Wildman–Crippen LogP) is 2.28. The average Bonchev–Trinajstić information content (AvgIpc) is 3.06. The molecule has 0 radical (unpaired) electrons. The van der Waals surface area contributed by atoms with Gasteiger partial charge in [-0.05, 0) is 48.2 Å². The van der Waals surface area contributed by atoms with Crippen molar-refractivity contribution in [1.82, 2.24) is 10.3 Å². The molecule has 0 aliphatic heterocycles. The summed E-state index contributed by atoms with van der Waals surface area (Å²) >= 11 is 0. The largest absolute Gasteiger partial charge is 0.368 e. The number of amides is 2. The molecule has 3 N–H and O–H groups in total. The summed E-state index contributed by atoms with van der Waals surface area (Å²) in [5.41, 5.74) is 7.18. The van der Waals surface area contributed by atoms with E-state index in [9.17, 15) is 9.59 Å². The van der Waals surface area contributed by atoms with Crippen LogP contribution in [0.4, 0.5) is 0 Å². The molecule has 0 spiro atoms. The van der Waals surface area contributed by atoms with Crippen LogP contribution in [0.25, 0.3) is 11.1 Å². The van der Waals surface area contributed by atoms with Crippen LogP contribution in [0.1, 0.15) is 36.0 Å². The first-order chi connectivity index (χ1) is 11.1. The molecule has 0 unspecified atom stereocenters. The number of nitrogens with one attached hydrogen (secondary N) is 1. The van der Waals surface area contributed by atoms with Gasteiger partial charge < -0.3 is 11.1 Å². The number of nitrogens with two attached hydrogens (primary N) is 1. The lowest BCUT2D eigenvalue weighted by atomic mass is 9.96. The van der Waals surface area contributed by atoms with Crippen molar-refractivity contribution in [3.05, 3.63) is 54.4 Å². The van der Waals surface area contributed by atoms with Gasteiger partial charge in [-0.2, -0.15) is 0 Å². The summed E-state index contributed by atoms with van der Waals surface area (Å²) < 4.78 is 0. The van der Waals surface area contributed by atoms with Crippen LogP contribution in [0.5, 0.6) is 0 Å². The smallest absolute Gasteiger partial charge is 0.252 e. The van der Waals surface area contributed by atoms with Gasteiger partial charge in [0.05, 0.1) is 0 Å². The number of carbonyl (C=O) groups is 2. The number of hydrogen-bond donors (Lipinski definition) is 2. The molecule has 1 aliphatic carbocycles. The molecular formula is C18H19N3O2. The Balaban J connectivity index is 1.77. The topological polar surface area (TPSA) is 85.1 Å². The number of carbonyl (C=O) groups excluding carboxylic acids is 2. The minimum absolute atomic E-state index is 0.257. The third kappa shape index (κ3) is 3.08. The third-order valence-electron chi connectivity index (χ3n) is 4.44. The highest BCUT2D eigenvalue weighted by atomic mass is 16.2. The first-order valence-corrected chi connectivity index (χ1v) is 7.74. The Morgan fingerprint density at radius 3 is 2.09 bits per heavy atom. The van der Waals surface area contributed by atoms with Crippen molar-refractivity contribution in [1.29, 1.82) is 0 Å². The quantitative estimate of drug-likeness (QED) is 0.908. The van der Waals surface area contributed by atoms with Crippen LogP contribution >= 0.6 is 0 Å². The first-order valence-electron chi connectivity index (χ1n) is 7.74. The Hall–Kier alpha value is -2.69. The zero-order chi connectivity index (χ0) is 16.3. The summed E-state index contributed by atoms with van der Waals surface area (Å²) in [6.45, 7) is 0. The Morgan fingerprint density at radius 1 is 0.957 bits per heavy atom. The Kier molecular flexibility index (Phi) is 4.10. The van der Waals surface area contributed by atoms with Crippen LogP contribution in [-0.2, 0) is 4.79 Å². The monoisotopic (exact) mass is 309 g/mol. The van der Waals surface area contributed by atoms with E-state index in [4.69, 9.17) is 5.73 Å². The van der Waals surface area contributed by atoms with E-state index < -0.39 is 11.4 Å². The molecule has 5 nitrogen and oxygen atoms in total. The molecule has 2 aromatic rings. The van der Waals surface area contributed by atoms with Gasteiger partial charge in [-0.1, -0.05) is 25.0 Å². The molecule has 0 atom stereocenters. The van der Waals surface area contributed by atoms with Gasteiger partial charge in [-0.3, -0.25) is 14.6 Å². The maximum atomic E-state index is 12.4. The summed E-state index contributed by atoms with van der Waals surface area (Å²) in [6.07, 6.45) is 6.50. The second kappa shape index (κ2) is 6.20. The minimum Gasteiger partial charge on any atom is -0.368 e. The number of benzene rings is 1. The molecule has 23 heavy (non-hydrogen) atoms. The van der Waals surface area contributed by atoms with Crippen LogP contribution in [0, 0.1) is 0 Å². The molecule has 0 bridgehead atoms. The fourth-order valence-corrected chi connectivity index (χ4v) is 3.06. The van der Waals surface area contributed by atoms with Crippen LogP contribution in [0.2, 0.25) is 0 Å². The van der Waals surface area contributed by atoms with Gasteiger partial charge >= 0.3 is 0 Å². The zero-order valence-electron chi connectivity index (χ0n) is 12.8. The van der Waals surface area contributed by atoms with E-state index in [0.717, 1.165) is 24.0 Å². The molecule has 1 fully saturated rings. The van der Waals surface area contributed by atoms with Crippen molar-refractivity contribution in [3.63, 3.8) is 0 Å². The van der Waals surface area contributed by atoms with Crippen molar-refractivity contribution in [2.75, 3.05) is 0 Å². The SMILES string of the molecule is NC(=O)C1(NC(=O)c2ccc(-c3ccncc3)cc2)CCCC1. The van der Waals surface area contributed by atoms with Gasteiger partial charge in [0, 0.05) is 18.0 Å². The summed E-state index contributed by atoms with van der Waals surface area (Å²) in [4.78, 5) is 28.2. The zero-order valence-corrected chi connectivity index (χ0v) is 12.8. The number of hydrogen-bond acceptors (Lipinski definition) is 3. The van der Waals surface area contributed by atoms with Gasteiger partial charge in [0.1, 0.15) is 5.54 Å². The van der Waals surface area contributed by atoms with Crippen molar-refractivity contribution in [2.45, 2.75) is 31.2 Å². The van der Waals surface area contributed by atoms with E-state index in [1.165, 1.54) is 0 Å². The molecular weight excluding hydrogens is 290 g/mol. The van der Waals surface area contributed by atoms with Gasteiger partial charge in [0.15, 0.2) is 0 Å². The fraction of sp³-hybridized carbons (Fsp3) is 0.278. The molecule has 1 heterocycles. The molecule has 1 aromatic carbocycles. The average molecular weight is 309 g/mol. The van der Waals surface area contributed by atoms with E-state index in [2.05, 4.69) is 10.3 Å². The molecule has 2 amide bonds. The molecule has 1 aromatic heterocycles. The second-order valence-electron chi connectivity index (χ2n) is 5.92. The van der Waals surface area contributed by atoms with Crippen molar-refractivity contribution in [2.24, 2.45) is 5.73 Å².